The van der Waals surface area contributed by atoms with Crippen LogP contribution in [0.1, 0.15) is 32.6 Å². The molecular weight excluding hydrogens is 152 g/mol. The quantitative estimate of drug-likeness (QED) is 0.679. The number of rotatable bonds is 3. The van der Waals surface area contributed by atoms with Crippen LogP contribution in [-0.2, 0) is 4.79 Å². The van der Waals surface area contributed by atoms with E-state index in [1.807, 2.05) is 11.8 Å². The minimum absolute atomic E-state index is 0.283. The van der Waals surface area contributed by atoms with Gasteiger partial charge in [-0.1, -0.05) is 6.92 Å². The van der Waals surface area contributed by atoms with Gasteiger partial charge in [-0.2, -0.15) is 0 Å². The van der Waals surface area contributed by atoms with Crippen molar-refractivity contribution in [3.63, 3.8) is 0 Å². The Hall–Kier alpha value is -0.570. The molecule has 1 rings (SSSR count). The van der Waals surface area contributed by atoms with Crippen molar-refractivity contribution in [2.24, 2.45) is 5.73 Å². The van der Waals surface area contributed by atoms with Crippen LogP contribution in [0.2, 0.25) is 0 Å². The molecule has 1 aliphatic rings. The highest BCUT2D eigenvalue weighted by molar-refractivity contribution is 5.76. The lowest BCUT2D eigenvalue weighted by Crippen LogP contribution is -2.36. The SMILES string of the molecule is CCC(=O)N1CCCC1CCN. The van der Waals surface area contributed by atoms with E-state index in [2.05, 4.69) is 0 Å². The van der Waals surface area contributed by atoms with Gasteiger partial charge >= 0.3 is 0 Å². The fraction of sp³-hybridized carbons (Fsp3) is 0.889. The van der Waals surface area contributed by atoms with Crippen LogP contribution < -0.4 is 5.73 Å². The minimum atomic E-state index is 0.283. The van der Waals surface area contributed by atoms with E-state index in [9.17, 15) is 4.79 Å². The molecule has 3 nitrogen and oxygen atoms in total. The zero-order valence-electron chi connectivity index (χ0n) is 7.75. The third-order valence-electron chi connectivity index (χ3n) is 2.50. The summed E-state index contributed by atoms with van der Waals surface area (Å²) in [7, 11) is 0. The summed E-state index contributed by atoms with van der Waals surface area (Å²) in [6.07, 6.45) is 3.88. The van der Waals surface area contributed by atoms with Crippen LogP contribution in [0, 0.1) is 0 Å². The van der Waals surface area contributed by atoms with Gasteiger partial charge in [-0.25, -0.2) is 0 Å². The lowest BCUT2D eigenvalue weighted by atomic mass is 10.1. The van der Waals surface area contributed by atoms with Gasteiger partial charge in [0, 0.05) is 19.0 Å². The molecule has 0 aliphatic carbocycles. The van der Waals surface area contributed by atoms with Crippen LogP contribution in [-0.4, -0.2) is 29.9 Å². The fourth-order valence-corrected chi connectivity index (χ4v) is 1.86. The Morgan fingerprint density at radius 1 is 1.67 bits per heavy atom. The number of amides is 1. The van der Waals surface area contributed by atoms with E-state index in [0.29, 0.717) is 19.0 Å². The zero-order valence-corrected chi connectivity index (χ0v) is 7.75. The Morgan fingerprint density at radius 3 is 3.00 bits per heavy atom. The molecule has 0 radical (unpaired) electrons. The van der Waals surface area contributed by atoms with Gasteiger partial charge in [0.25, 0.3) is 0 Å². The van der Waals surface area contributed by atoms with Crippen LogP contribution >= 0.6 is 0 Å². The van der Waals surface area contributed by atoms with Crippen molar-refractivity contribution in [2.75, 3.05) is 13.1 Å². The molecule has 1 unspecified atom stereocenters. The van der Waals surface area contributed by atoms with Crippen molar-refractivity contribution in [2.45, 2.75) is 38.6 Å². The zero-order chi connectivity index (χ0) is 8.97. The van der Waals surface area contributed by atoms with Crippen LogP contribution in [0.4, 0.5) is 0 Å². The van der Waals surface area contributed by atoms with Gasteiger partial charge in [0.05, 0.1) is 0 Å². The van der Waals surface area contributed by atoms with E-state index in [-0.39, 0.29) is 5.91 Å². The van der Waals surface area contributed by atoms with Crippen molar-refractivity contribution in [3.8, 4) is 0 Å². The topological polar surface area (TPSA) is 46.3 Å². The average molecular weight is 170 g/mol. The summed E-state index contributed by atoms with van der Waals surface area (Å²) >= 11 is 0. The lowest BCUT2D eigenvalue weighted by molar-refractivity contribution is -0.131. The average Bonchev–Trinajstić information content (AvgIpc) is 2.52. The Balaban J connectivity index is 2.45. The maximum atomic E-state index is 11.4. The van der Waals surface area contributed by atoms with Gasteiger partial charge in [-0.05, 0) is 25.8 Å². The largest absolute Gasteiger partial charge is 0.340 e. The standard InChI is InChI=1S/C9H18N2O/c1-2-9(12)11-7-3-4-8(11)5-6-10/h8H,2-7,10H2,1H3. The molecule has 0 aromatic carbocycles. The first-order valence-corrected chi connectivity index (χ1v) is 4.79. The molecular formula is C9H18N2O. The maximum Gasteiger partial charge on any atom is 0.222 e. The molecule has 0 spiro atoms. The van der Waals surface area contributed by atoms with E-state index in [0.717, 1.165) is 25.8 Å². The molecule has 12 heavy (non-hydrogen) atoms. The molecule has 2 N–H and O–H groups in total. The predicted molar refractivity (Wildman–Crippen MR) is 48.7 cm³/mol. The Morgan fingerprint density at radius 2 is 2.42 bits per heavy atom. The van der Waals surface area contributed by atoms with Crippen molar-refractivity contribution in [3.05, 3.63) is 0 Å². The van der Waals surface area contributed by atoms with E-state index in [1.54, 1.807) is 0 Å². The number of carbonyl (C=O) groups excluding carboxylic acids is 1. The second kappa shape index (κ2) is 4.45. The molecule has 0 bridgehead atoms. The number of hydrogen-bond donors (Lipinski definition) is 1. The van der Waals surface area contributed by atoms with Gasteiger partial charge < -0.3 is 10.6 Å². The van der Waals surface area contributed by atoms with E-state index >= 15 is 0 Å². The van der Waals surface area contributed by atoms with E-state index in [4.69, 9.17) is 5.73 Å². The molecule has 1 heterocycles. The molecule has 1 saturated heterocycles. The number of nitrogens with two attached hydrogens (primary N) is 1. The number of likely N-dealkylation sites (tertiary alicyclic amines) is 1. The van der Waals surface area contributed by atoms with Crippen LogP contribution in [0.5, 0.6) is 0 Å². The maximum absolute atomic E-state index is 11.4. The number of hydrogen-bond acceptors (Lipinski definition) is 2. The molecule has 0 saturated carbocycles. The molecule has 1 atom stereocenters. The summed E-state index contributed by atoms with van der Waals surface area (Å²) in [5, 5.41) is 0. The first-order chi connectivity index (χ1) is 5.79. The monoisotopic (exact) mass is 170 g/mol. The molecule has 1 aliphatic heterocycles. The highest BCUT2D eigenvalue weighted by Gasteiger charge is 2.26. The van der Waals surface area contributed by atoms with Crippen molar-refractivity contribution >= 4 is 5.91 Å². The van der Waals surface area contributed by atoms with Crippen molar-refractivity contribution in [1.82, 2.24) is 4.90 Å². The second-order valence-electron chi connectivity index (χ2n) is 3.31. The summed E-state index contributed by atoms with van der Waals surface area (Å²) in [6.45, 7) is 3.55. The minimum Gasteiger partial charge on any atom is -0.340 e. The summed E-state index contributed by atoms with van der Waals surface area (Å²) in [4.78, 5) is 13.4. The van der Waals surface area contributed by atoms with Gasteiger partial charge in [0.15, 0.2) is 0 Å². The highest BCUT2D eigenvalue weighted by Crippen LogP contribution is 2.20. The molecule has 0 aromatic heterocycles. The van der Waals surface area contributed by atoms with Gasteiger partial charge in [0.2, 0.25) is 5.91 Å². The van der Waals surface area contributed by atoms with Gasteiger partial charge in [-0.15, -0.1) is 0 Å². The van der Waals surface area contributed by atoms with E-state index in [1.165, 1.54) is 0 Å². The molecule has 1 fully saturated rings. The lowest BCUT2D eigenvalue weighted by Gasteiger charge is -2.23. The number of nitrogens with zero attached hydrogens (tertiary/aromatic N) is 1. The Kier molecular flexibility index (Phi) is 3.53. The number of carbonyl (C=O) groups is 1. The predicted octanol–water partition coefficient (Wildman–Crippen LogP) is 0.736. The summed E-state index contributed by atoms with van der Waals surface area (Å²) in [6, 6.07) is 0.433. The molecule has 0 aromatic rings. The smallest absolute Gasteiger partial charge is 0.222 e. The third-order valence-corrected chi connectivity index (χ3v) is 2.50. The third kappa shape index (κ3) is 1.97. The summed E-state index contributed by atoms with van der Waals surface area (Å²) in [5.41, 5.74) is 5.47. The molecule has 70 valence electrons. The van der Waals surface area contributed by atoms with Crippen molar-refractivity contribution < 1.29 is 4.79 Å². The van der Waals surface area contributed by atoms with Crippen LogP contribution in [0.25, 0.3) is 0 Å². The summed E-state index contributed by atoms with van der Waals surface area (Å²) in [5.74, 6) is 0.283. The first kappa shape index (κ1) is 9.52. The fourth-order valence-electron chi connectivity index (χ4n) is 1.86. The Bertz CT molecular complexity index is 159. The first-order valence-electron chi connectivity index (χ1n) is 4.79. The van der Waals surface area contributed by atoms with Crippen LogP contribution in [0.15, 0.2) is 0 Å². The molecule has 3 heteroatoms. The summed E-state index contributed by atoms with van der Waals surface area (Å²) < 4.78 is 0. The van der Waals surface area contributed by atoms with Gasteiger partial charge in [-0.3, -0.25) is 4.79 Å². The van der Waals surface area contributed by atoms with Gasteiger partial charge in [0.1, 0.15) is 0 Å². The van der Waals surface area contributed by atoms with Crippen molar-refractivity contribution in [1.29, 1.82) is 0 Å². The van der Waals surface area contributed by atoms with Crippen LogP contribution in [0.3, 0.4) is 0 Å². The second-order valence-corrected chi connectivity index (χ2v) is 3.31. The normalized spacial score (nSPS) is 23.2. The van der Waals surface area contributed by atoms with E-state index < -0.39 is 0 Å². The Labute approximate surface area is 73.9 Å². The molecule has 1 amide bonds. The highest BCUT2D eigenvalue weighted by atomic mass is 16.2.